The number of aliphatic hydroxyl groups excluding tert-OH is 1. The van der Waals surface area contributed by atoms with Crippen LogP contribution in [0.3, 0.4) is 0 Å². The molecule has 2 aliphatic heterocycles. The van der Waals surface area contributed by atoms with Crippen LogP contribution in [0.2, 0.25) is 0 Å². The van der Waals surface area contributed by atoms with Crippen LogP contribution in [0.15, 0.2) is 18.2 Å². The van der Waals surface area contributed by atoms with Gasteiger partial charge in [-0.15, -0.1) is 0 Å². The molecule has 0 unspecified atom stereocenters. The van der Waals surface area contributed by atoms with E-state index in [2.05, 4.69) is 21.9 Å². The van der Waals surface area contributed by atoms with E-state index in [9.17, 15) is 5.11 Å². The highest BCUT2D eigenvalue weighted by Gasteiger charge is 2.39. The molecule has 6 heteroatoms. The molecule has 2 saturated carbocycles. The standard InChI is InChI=1S/C23H34N2O4/c26-21(15-27-14-20-10-17-1-3-19(20)9-17)13-25-7-5-24(6-8-25)12-18-2-4-22-23(11-18)29-16-28-22/h2,4,11,17,19-21,26H,1,3,5-10,12-16H2/t17-,19-,20-,21+/m0/s1. The molecule has 6 nitrogen and oxygen atoms in total. The van der Waals surface area contributed by atoms with E-state index in [1.165, 1.54) is 31.2 Å². The minimum atomic E-state index is -0.381. The fraction of sp³-hybridized carbons (Fsp3) is 0.739. The van der Waals surface area contributed by atoms with Crippen molar-refractivity contribution < 1.29 is 19.3 Å². The molecule has 0 radical (unpaired) electrons. The lowest BCUT2D eigenvalue weighted by Crippen LogP contribution is -2.48. The molecule has 0 spiro atoms. The molecule has 1 aromatic rings. The quantitative estimate of drug-likeness (QED) is 0.720. The lowest BCUT2D eigenvalue weighted by molar-refractivity contribution is -0.00897. The van der Waals surface area contributed by atoms with Gasteiger partial charge in [0, 0.05) is 45.9 Å². The van der Waals surface area contributed by atoms with Crippen LogP contribution in [-0.2, 0) is 11.3 Å². The van der Waals surface area contributed by atoms with E-state index in [0.29, 0.717) is 19.9 Å². The maximum atomic E-state index is 10.4. The van der Waals surface area contributed by atoms with E-state index in [-0.39, 0.29) is 6.10 Å². The van der Waals surface area contributed by atoms with Crippen molar-refractivity contribution in [3.63, 3.8) is 0 Å². The minimum Gasteiger partial charge on any atom is -0.454 e. The first-order chi connectivity index (χ1) is 14.2. The highest BCUT2D eigenvalue weighted by molar-refractivity contribution is 5.44. The van der Waals surface area contributed by atoms with Crippen LogP contribution >= 0.6 is 0 Å². The summed E-state index contributed by atoms with van der Waals surface area (Å²) in [6, 6.07) is 6.21. The van der Waals surface area contributed by atoms with Crippen molar-refractivity contribution in [2.24, 2.45) is 17.8 Å². The number of nitrogens with zero attached hydrogens (tertiary/aromatic N) is 2. The topological polar surface area (TPSA) is 54.4 Å². The molecular weight excluding hydrogens is 368 g/mol. The lowest BCUT2D eigenvalue weighted by atomic mass is 9.90. The summed E-state index contributed by atoms with van der Waals surface area (Å²) >= 11 is 0. The number of β-amino-alcohol motifs (C(OH)–C–C–N with tert-alkyl or cyclic N) is 1. The Hall–Kier alpha value is -1.34. The van der Waals surface area contributed by atoms with E-state index in [0.717, 1.165) is 68.6 Å². The van der Waals surface area contributed by atoms with Gasteiger partial charge >= 0.3 is 0 Å². The molecule has 3 fully saturated rings. The maximum absolute atomic E-state index is 10.4. The molecule has 160 valence electrons. The summed E-state index contributed by atoms with van der Waals surface area (Å²) in [7, 11) is 0. The zero-order valence-electron chi connectivity index (χ0n) is 17.3. The lowest BCUT2D eigenvalue weighted by Gasteiger charge is -2.35. The Morgan fingerprint density at radius 2 is 1.86 bits per heavy atom. The van der Waals surface area contributed by atoms with E-state index in [1.54, 1.807) is 0 Å². The summed E-state index contributed by atoms with van der Waals surface area (Å²) < 4.78 is 16.8. The van der Waals surface area contributed by atoms with Crippen LogP contribution in [0.5, 0.6) is 11.5 Å². The Balaban J connectivity index is 0.989. The fourth-order valence-corrected chi connectivity index (χ4v) is 5.71. The van der Waals surface area contributed by atoms with Crippen molar-refractivity contribution >= 4 is 0 Å². The maximum Gasteiger partial charge on any atom is 0.231 e. The Morgan fingerprint density at radius 1 is 1.03 bits per heavy atom. The molecule has 5 rings (SSSR count). The number of aliphatic hydroxyl groups is 1. The van der Waals surface area contributed by atoms with E-state index in [1.807, 2.05) is 6.07 Å². The summed E-state index contributed by atoms with van der Waals surface area (Å²) in [5, 5.41) is 10.4. The van der Waals surface area contributed by atoms with Crippen LogP contribution in [0.4, 0.5) is 0 Å². The van der Waals surface area contributed by atoms with Gasteiger partial charge in [-0.25, -0.2) is 0 Å². The summed E-state index contributed by atoms with van der Waals surface area (Å²) in [5.74, 6) is 4.31. The van der Waals surface area contributed by atoms with Crippen molar-refractivity contribution in [2.45, 2.75) is 38.3 Å². The predicted octanol–water partition coefficient (Wildman–Crippen LogP) is 2.35. The van der Waals surface area contributed by atoms with Gasteiger partial charge in [-0.2, -0.15) is 0 Å². The molecule has 4 aliphatic rings. The number of hydrogen-bond acceptors (Lipinski definition) is 6. The first-order valence-electron chi connectivity index (χ1n) is 11.3. The fourth-order valence-electron chi connectivity index (χ4n) is 5.71. The van der Waals surface area contributed by atoms with Gasteiger partial charge in [0.1, 0.15) is 0 Å². The molecule has 0 aromatic heterocycles. The first-order valence-corrected chi connectivity index (χ1v) is 11.3. The van der Waals surface area contributed by atoms with Crippen LogP contribution in [0.25, 0.3) is 0 Å². The van der Waals surface area contributed by atoms with E-state index in [4.69, 9.17) is 14.2 Å². The molecule has 4 atom stereocenters. The normalized spacial score (nSPS) is 30.2. The van der Waals surface area contributed by atoms with Gasteiger partial charge in [0.25, 0.3) is 0 Å². The minimum absolute atomic E-state index is 0.325. The monoisotopic (exact) mass is 402 g/mol. The second-order valence-electron chi connectivity index (χ2n) is 9.39. The summed E-state index contributed by atoms with van der Waals surface area (Å²) in [5.41, 5.74) is 1.26. The Kier molecular flexibility index (Phi) is 5.95. The van der Waals surface area contributed by atoms with Crippen molar-refractivity contribution in [1.29, 1.82) is 0 Å². The molecule has 2 aliphatic carbocycles. The number of benzene rings is 1. The van der Waals surface area contributed by atoms with Crippen molar-refractivity contribution in [1.82, 2.24) is 9.80 Å². The molecule has 1 N–H and O–H groups in total. The van der Waals surface area contributed by atoms with Crippen molar-refractivity contribution in [2.75, 3.05) is 52.7 Å². The highest BCUT2D eigenvalue weighted by atomic mass is 16.7. The van der Waals surface area contributed by atoms with Gasteiger partial charge in [-0.05, 0) is 54.7 Å². The van der Waals surface area contributed by atoms with E-state index < -0.39 is 0 Å². The Labute approximate surface area is 173 Å². The second kappa shape index (κ2) is 8.80. The molecule has 1 aromatic carbocycles. The Bertz CT molecular complexity index is 691. The van der Waals surface area contributed by atoms with Gasteiger partial charge < -0.3 is 19.3 Å². The van der Waals surface area contributed by atoms with Crippen molar-refractivity contribution in [3.05, 3.63) is 23.8 Å². The summed E-state index contributed by atoms with van der Waals surface area (Å²) in [4.78, 5) is 4.83. The number of rotatable bonds is 8. The van der Waals surface area contributed by atoms with Gasteiger partial charge in [-0.3, -0.25) is 9.80 Å². The smallest absolute Gasteiger partial charge is 0.231 e. The van der Waals surface area contributed by atoms with Gasteiger partial charge in [-0.1, -0.05) is 12.5 Å². The average molecular weight is 403 g/mol. The van der Waals surface area contributed by atoms with Gasteiger partial charge in [0.05, 0.1) is 12.7 Å². The molecule has 2 bridgehead atoms. The third-order valence-electron chi connectivity index (χ3n) is 7.30. The molecule has 1 saturated heterocycles. The third kappa shape index (κ3) is 4.71. The first kappa shape index (κ1) is 19.6. The number of piperazine rings is 1. The van der Waals surface area contributed by atoms with Crippen molar-refractivity contribution in [3.8, 4) is 11.5 Å². The van der Waals surface area contributed by atoms with Gasteiger partial charge in [0.2, 0.25) is 6.79 Å². The summed E-state index contributed by atoms with van der Waals surface area (Å²) in [6.07, 6.45) is 5.23. The average Bonchev–Trinajstić information content (AvgIpc) is 3.46. The second-order valence-corrected chi connectivity index (χ2v) is 9.39. The highest BCUT2D eigenvalue weighted by Crippen LogP contribution is 2.48. The van der Waals surface area contributed by atoms with Crippen LogP contribution in [0.1, 0.15) is 31.2 Å². The number of ether oxygens (including phenoxy) is 3. The van der Waals surface area contributed by atoms with Crippen LogP contribution < -0.4 is 9.47 Å². The molecular formula is C23H34N2O4. The largest absolute Gasteiger partial charge is 0.454 e. The number of fused-ring (bicyclic) bond motifs is 3. The predicted molar refractivity (Wildman–Crippen MR) is 110 cm³/mol. The Morgan fingerprint density at radius 3 is 2.66 bits per heavy atom. The zero-order chi connectivity index (χ0) is 19.6. The SMILES string of the molecule is O[C@@H](COC[C@@H]1C[C@H]2CC[C@H]1C2)CN1CCN(Cc2ccc3c(c2)OCO3)CC1. The zero-order valence-corrected chi connectivity index (χ0v) is 17.3. The molecule has 2 heterocycles. The van der Waals surface area contributed by atoms with E-state index >= 15 is 0 Å². The third-order valence-corrected chi connectivity index (χ3v) is 7.30. The summed E-state index contributed by atoms with van der Waals surface area (Å²) in [6.45, 7) is 7.33. The molecule has 29 heavy (non-hydrogen) atoms. The van der Waals surface area contributed by atoms with Gasteiger partial charge in [0.15, 0.2) is 11.5 Å². The molecule has 0 amide bonds. The number of hydrogen-bond donors (Lipinski definition) is 1. The van der Waals surface area contributed by atoms with Crippen LogP contribution in [0, 0.1) is 17.8 Å². The van der Waals surface area contributed by atoms with Crippen LogP contribution in [-0.4, -0.2) is 73.7 Å².